The molecular weight excluding hydrogens is 398 g/mol. The van der Waals surface area contributed by atoms with Crippen molar-refractivity contribution in [1.82, 2.24) is 10.1 Å². The number of aromatic nitrogens is 2. The smallest absolute Gasteiger partial charge is 0.227 e. The van der Waals surface area contributed by atoms with Gasteiger partial charge in [-0.15, -0.1) is 0 Å². The van der Waals surface area contributed by atoms with Crippen LogP contribution in [-0.2, 0) is 11.2 Å². The number of nitrogens with zero attached hydrogens (tertiary/aromatic N) is 2. The number of methoxy groups -OCH3 is 3. The summed E-state index contributed by atoms with van der Waals surface area (Å²) in [6, 6.07) is 10.3. The fourth-order valence-electron chi connectivity index (χ4n) is 2.66. The van der Waals surface area contributed by atoms with Crippen LogP contribution in [0.15, 0.2) is 40.9 Å². The van der Waals surface area contributed by atoms with Crippen molar-refractivity contribution in [1.29, 1.82) is 0 Å². The standard InChI is InChI=1S/C20H20ClN3O5/c1-26-15-10-12(11-16(27-2)19(15)28-3)20-23-18(29-24-20)9-8-17(25)22-14-6-4-13(21)5-7-14/h4-7,10-11H,8-9H2,1-3H3,(H,22,25). The van der Waals surface area contributed by atoms with Gasteiger partial charge in [-0.2, -0.15) is 4.98 Å². The van der Waals surface area contributed by atoms with Crippen LogP contribution in [0.3, 0.4) is 0 Å². The van der Waals surface area contributed by atoms with Crippen molar-refractivity contribution < 1.29 is 23.5 Å². The number of nitrogens with one attached hydrogen (secondary N) is 1. The van der Waals surface area contributed by atoms with Gasteiger partial charge in [0.05, 0.1) is 21.3 Å². The quantitative estimate of drug-likeness (QED) is 0.592. The molecule has 29 heavy (non-hydrogen) atoms. The van der Waals surface area contributed by atoms with E-state index in [1.54, 1.807) is 36.4 Å². The summed E-state index contributed by atoms with van der Waals surface area (Å²) in [5.74, 6) is 1.98. The number of hydrogen-bond donors (Lipinski definition) is 1. The Kier molecular flexibility index (Phi) is 6.56. The van der Waals surface area contributed by atoms with Crippen LogP contribution in [0, 0.1) is 0 Å². The first-order chi connectivity index (χ1) is 14.0. The maximum Gasteiger partial charge on any atom is 0.227 e. The highest BCUT2D eigenvalue weighted by Crippen LogP contribution is 2.40. The van der Waals surface area contributed by atoms with Gasteiger partial charge < -0.3 is 24.1 Å². The molecule has 0 saturated heterocycles. The first-order valence-electron chi connectivity index (χ1n) is 8.72. The number of halogens is 1. The molecule has 0 bridgehead atoms. The fourth-order valence-corrected chi connectivity index (χ4v) is 2.79. The van der Waals surface area contributed by atoms with Gasteiger partial charge in [-0.1, -0.05) is 16.8 Å². The van der Waals surface area contributed by atoms with Gasteiger partial charge >= 0.3 is 0 Å². The first-order valence-corrected chi connectivity index (χ1v) is 9.10. The number of ether oxygens (including phenoxy) is 3. The average Bonchev–Trinajstić information content (AvgIpc) is 3.22. The summed E-state index contributed by atoms with van der Waals surface area (Å²) in [5, 5.41) is 7.37. The Labute approximate surface area is 172 Å². The third-order valence-corrected chi connectivity index (χ3v) is 4.34. The van der Waals surface area contributed by atoms with Gasteiger partial charge in [0.2, 0.25) is 23.4 Å². The van der Waals surface area contributed by atoms with Crippen molar-refractivity contribution in [2.24, 2.45) is 0 Å². The molecule has 0 aliphatic heterocycles. The number of carbonyl (C=O) groups excluding carboxylic acids is 1. The summed E-state index contributed by atoms with van der Waals surface area (Å²) in [7, 11) is 4.59. The van der Waals surface area contributed by atoms with Crippen molar-refractivity contribution in [3.63, 3.8) is 0 Å². The largest absolute Gasteiger partial charge is 0.493 e. The lowest BCUT2D eigenvalue weighted by Crippen LogP contribution is -2.12. The average molecular weight is 418 g/mol. The van der Waals surface area contributed by atoms with E-state index in [9.17, 15) is 4.79 Å². The second-order valence-corrected chi connectivity index (χ2v) is 6.42. The molecule has 1 aromatic heterocycles. The summed E-state index contributed by atoms with van der Waals surface area (Å²) in [4.78, 5) is 16.5. The molecule has 0 atom stereocenters. The molecule has 0 unspecified atom stereocenters. The van der Waals surface area contributed by atoms with Crippen LogP contribution in [-0.4, -0.2) is 37.4 Å². The van der Waals surface area contributed by atoms with E-state index in [-0.39, 0.29) is 12.3 Å². The number of rotatable bonds is 8. The summed E-state index contributed by atoms with van der Waals surface area (Å²) in [5.41, 5.74) is 1.31. The van der Waals surface area contributed by atoms with E-state index in [2.05, 4.69) is 15.5 Å². The van der Waals surface area contributed by atoms with Crippen molar-refractivity contribution in [3.8, 4) is 28.6 Å². The summed E-state index contributed by atoms with van der Waals surface area (Å²) < 4.78 is 21.3. The van der Waals surface area contributed by atoms with Crippen LogP contribution in [0.2, 0.25) is 5.02 Å². The van der Waals surface area contributed by atoms with Crippen molar-refractivity contribution in [3.05, 3.63) is 47.3 Å². The Morgan fingerprint density at radius 2 is 1.72 bits per heavy atom. The first kappa shape index (κ1) is 20.5. The molecular formula is C20H20ClN3O5. The predicted octanol–water partition coefficient (Wildman–Crippen LogP) is 3.99. The van der Waals surface area contributed by atoms with Gasteiger partial charge in [0, 0.05) is 29.1 Å². The molecule has 3 rings (SSSR count). The Balaban J connectivity index is 1.67. The second-order valence-electron chi connectivity index (χ2n) is 5.98. The molecule has 0 aliphatic rings. The van der Waals surface area contributed by atoms with E-state index in [1.807, 2.05) is 0 Å². The maximum atomic E-state index is 12.1. The van der Waals surface area contributed by atoms with Crippen LogP contribution in [0.25, 0.3) is 11.4 Å². The lowest BCUT2D eigenvalue weighted by atomic mass is 10.1. The van der Waals surface area contributed by atoms with E-state index in [1.165, 1.54) is 21.3 Å². The van der Waals surface area contributed by atoms with E-state index in [0.29, 0.717) is 51.7 Å². The summed E-state index contributed by atoms with van der Waals surface area (Å²) >= 11 is 5.83. The van der Waals surface area contributed by atoms with Gasteiger partial charge in [0.15, 0.2) is 11.5 Å². The third kappa shape index (κ3) is 4.97. The van der Waals surface area contributed by atoms with Gasteiger partial charge in [-0.25, -0.2) is 0 Å². The molecule has 0 spiro atoms. The minimum atomic E-state index is -0.167. The molecule has 1 heterocycles. The summed E-state index contributed by atoms with van der Waals surface area (Å²) in [6.07, 6.45) is 0.496. The van der Waals surface area contributed by atoms with Crippen LogP contribution >= 0.6 is 11.6 Å². The molecule has 9 heteroatoms. The molecule has 0 fully saturated rings. The molecule has 1 amide bonds. The lowest BCUT2D eigenvalue weighted by molar-refractivity contribution is -0.116. The van der Waals surface area contributed by atoms with E-state index < -0.39 is 0 Å². The number of anilines is 1. The highest BCUT2D eigenvalue weighted by molar-refractivity contribution is 6.30. The number of benzene rings is 2. The number of amides is 1. The molecule has 0 radical (unpaired) electrons. The van der Waals surface area contributed by atoms with Gasteiger partial charge in [-0.3, -0.25) is 4.79 Å². The summed E-state index contributed by atoms with van der Waals surface area (Å²) in [6.45, 7) is 0. The highest BCUT2D eigenvalue weighted by atomic mass is 35.5. The Bertz CT molecular complexity index is 963. The van der Waals surface area contributed by atoms with Crippen LogP contribution in [0.1, 0.15) is 12.3 Å². The van der Waals surface area contributed by atoms with Gasteiger partial charge in [-0.05, 0) is 36.4 Å². The number of aryl methyl sites for hydroxylation is 1. The fraction of sp³-hybridized carbons (Fsp3) is 0.250. The second kappa shape index (κ2) is 9.29. The van der Waals surface area contributed by atoms with Crippen molar-refractivity contribution in [2.75, 3.05) is 26.6 Å². The van der Waals surface area contributed by atoms with E-state index in [4.69, 9.17) is 30.3 Å². The topological polar surface area (TPSA) is 95.7 Å². The molecule has 3 aromatic rings. The Morgan fingerprint density at radius 3 is 2.31 bits per heavy atom. The molecule has 8 nitrogen and oxygen atoms in total. The molecule has 2 aromatic carbocycles. The molecule has 152 valence electrons. The Hall–Kier alpha value is -3.26. The van der Waals surface area contributed by atoms with Gasteiger partial charge in [0.1, 0.15) is 0 Å². The minimum absolute atomic E-state index is 0.167. The molecule has 1 N–H and O–H groups in total. The molecule has 0 aliphatic carbocycles. The van der Waals surface area contributed by atoms with Crippen LogP contribution in [0.5, 0.6) is 17.2 Å². The zero-order valence-corrected chi connectivity index (χ0v) is 16.9. The van der Waals surface area contributed by atoms with E-state index >= 15 is 0 Å². The monoisotopic (exact) mass is 417 g/mol. The predicted molar refractivity (Wildman–Crippen MR) is 108 cm³/mol. The zero-order chi connectivity index (χ0) is 20.8. The maximum absolute atomic E-state index is 12.1. The van der Waals surface area contributed by atoms with Crippen molar-refractivity contribution in [2.45, 2.75) is 12.8 Å². The Morgan fingerprint density at radius 1 is 1.07 bits per heavy atom. The van der Waals surface area contributed by atoms with Crippen molar-refractivity contribution >= 4 is 23.2 Å². The highest BCUT2D eigenvalue weighted by Gasteiger charge is 2.17. The van der Waals surface area contributed by atoms with Crippen LogP contribution in [0.4, 0.5) is 5.69 Å². The minimum Gasteiger partial charge on any atom is -0.493 e. The number of hydrogen-bond acceptors (Lipinski definition) is 7. The normalized spacial score (nSPS) is 10.5. The van der Waals surface area contributed by atoms with E-state index in [0.717, 1.165) is 0 Å². The number of carbonyl (C=O) groups is 1. The zero-order valence-electron chi connectivity index (χ0n) is 16.2. The van der Waals surface area contributed by atoms with Crippen LogP contribution < -0.4 is 19.5 Å². The third-order valence-electron chi connectivity index (χ3n) is 4.08. The SMILES string of the molecule is COc1cc(-c2noc(CCC(=O)Nc3ccc(Cl)cc3)n2)cc(OC)c1OC. The van der Waals surface area contributed by atoms with Gasteiger partial charge in [0.25, 0.3) is 0 Å². The molecule has 0 saturated carbocycles. The lowest BCUT2D eigenvalue weighted by Gasteiger charge is -2.12.